The van der Waals surface area contributed by atoms with Crippen molar-refractivity contribution in [2.75, 3.05) is 13.7 Å². The van der Waals surface area contributed by atoms with Gasteiger partial charge in [0.1, 0.15) is 17.2 Å². The van der Waals surface area contributed by atoms with E-state index in [1.807, 2.05) is 50.4 Å². The van der Waals surface area contributed by atoms with E-state index in [0.29, 0.717) is 6.61 Å². The molecule has 0 radical (unpaired) electrons. The molecular weight excluding hydrogens is 318 g/mol. The standard InChI is InChI=1S/C16H18BrNO2/c1-3-19-14-5-7-15(8-6-14)20-16-9-4-13(17)10-12(16)11-18-2/h4-10,18H,3,11H2,1-2H3. The van der Waals surface area contributed by atoms with Gasteiger partial charge in [-0.3, -0.25) is 0 Å². The number of rotatable bonds is 6. The molecule has 4 heteroatoms. The highest BCUT2D eigenvalue weighted by Gasteiger charge is 2.05. The van der Waals surface area contributed by atoms with E-state index in [-0.39, 0.29) is 0 Å². The minimum Gasteiger partial charge on any atom is -0.494 e. The second kappa shape index (κ2) is 7.31. The second-order valence-electron chi connectivity index (χ2n) is 4.29. The molecular formula is C16H18BrNO2. The van der Waals surface area contributed by atoms with Gasteiger partial charge in [0.25, 0.3) is 0 Å². The van der Waals surface area contributed by atoms with Crippen molar-refractivity contribution in [1.82, 2.24) is 5.32 Å². The fourth-order valence-electron chi connectivity index (χ4n) is 1.87. The molecule has 20 heavy (non-hydrogen) atoms. The fourth-order valence-corrected chi connectivity index (χ4v) is 2.28. The Morgan fingerprint density at radius 3 is 2.40 bits per heavy atom. The van der Waals surface area contributed by atoms with E-state index in [0.717, 1.165) is 33.8 Å². The van der Waals surface area contributed by atoms with E-state index in [9.17, 15) is 0 Å². The van der Waals surface area contributed by atoms with Crippen LogP contribution in [0.25, 0.3) is 0 Å². The zero-order valence-corrected chi connectivity index (χ0v) is 13.2. The molecule has 2 rings (SSSR count). The Morgan fingerprint density at radius 1 is 1.05 bits per heavy atom. The van der Waals surface area contributed by atoms with Crippen LogP contribution in [0.4, 0.5) is 0 Å². The van der Waals surface area contributed by atoms with Crippen molar-refractivity contribution in [3.63, 3.8) is 0 Å². The normalized spacial score (nSPS) is 10.3. The number of ether oxygens (including phenoxy) is 2. The highest BCUT2D eigenvalue weighted by atomic mass is 79.9. The third-order valence-corrected chi connectivity index (χ3v) is 3.25. The lowest BCUT2D eigenvalue weighted by Crippen LogP contribution is -2.06. The molecule has 0 aromatic heterocycles. The van der Waals surface area contributed by atoms with Crippen molar-refractivity contribution in [3.8, 4) is 17.2 Å². The Balaban J connectivity index is 2.16. The molecule has 0 saturated heterocycles. The molecule has 0 aliphatic heterocycles. The lowest BCUT2D eigenvalue weighted by molar-refractivity contribution is 0.339. The van der Waals surface area contributed by atoms with Crippen LogP contribution in [0.3, 0.4) is 0 Å². The van der Waals surface area contributed by atoms with E-state index in [1.54, 1.807) is 0 Å². The van der Waals surface area contributed by atoms with Crippen molar-refractivity contribution in [1.29, 1.82) is 0 Å². The van der Waals surface area contributed by atoms with Gasteiger partial charge in [0.05, 0.1) is 6.61 Å². The third-order valence-electron chi connectivity index (χ3n) is 2.75. The summed E-state index contributed by atoms with van der Waals surface area (Å²) in [5.74, 6) is 2.51. The number of hydrogen-bond acceptors (Lipinski definition) is 3. The smallest absolute Gasteiger partial charge is 0.131 e. The highest BCUT2D eigenvalue weighted by molar-refractivity contribution is 9.10. The quantitative estimate of drug-likeness (QED) is 0.850. The van der Waals surface area contributed by atoms with Crippen LogP contribution in [0.5, 0.6) is 17.2 Å². The van der Waals surface area contributed by atoms with Gasteiger partial charge in [0.15, 0.2) is 0 Å². The van der Waals surface area contributed by atoms with Crippen LogP contribution in [-0.4, -0.2) is 13.7 Å². The maximum Gasteiger partial charge on any atom is 0.131 e. The fraction of sp³-hybridized carbons (Fsp3) is 0.250. The molecule has 1 N–H and O–H groups in total. The zero-order valence-electron chi connectivity index (χ0n) is 11.7. The summed E-state index contributed by atoms with van der Waals surface area (Å²) in [6.07, 6.45) is 0. The Hall–Kier alpha value is -1.52. The molecule has 0 unspecified atom stereocenters. The Labute approximate surface area is 128 Å². The number of benzene rings is 2. The van der Waals surface area contributed by atoms with Crippen LogP contribution in [0.1, 0.15) is 12.5 Å². The number of nitrogens with one attached hydrogen (secondary N) is 1. The van der Waals surface area contributed by atoms with Gasteiger partial charge < -0.3 is 14.8 Å². The number of halogens is 1. The lowest BCUT2D eigenvalue weighted by atomic mass is 10.2. The summed E-state index contributed by atoms with van der Waals surface area (Å²) < 4.78 is 12.4. The molecule has 0 spiro atoms. The minimum absolute atomic E-state index is 0.666. The molecule has 106 valence electrons. The average molecular weight is 336 g/mol. The largest absolute Gasteiger partial charge is 0.494 e. The molecule has 0 aliphatic carbocycles. The van der Waals surface area contributed by atoms with Crippen molar-refractivity contribution in [2.24, 2.45) is 0 Å². The Morgan fingerprint density at radius 2 is 1.75 bits per heavy atom. The first-order valence-corrected chi connectivity index (χ1v) is 7.36. The summed E-state index contributed by atoms with van der Waals surface area (Å²) in [7, 11) is 1.92. The van der Waals surface area contributed by atoms with Gasteiger partial charge in [-0.25, -0.2) is 0 Å². The van der Waals surface area contributed by atoms with Crippen LogP contribution in [0.2, 0.25) is 0 Å². The van der Waals surface area contributed by atoms with Crippen LogP contribution in [0.15, 0.2) is 46.9 Å². The topological polar surface area (TPSA) is 30.5 Å². The summed E-state index contributed by atoms with van der Waals surface area (Å²) in [6, 6.07) is 13.6. The summed E-state index contributed by atoms with van der Waals surface area (Å²) in [5, 5.41) is 3.14. The number of hydrogen-bond donors (Lipinski definition) is 1. The Kier molecular flexibility index (Phi) is 5.44. The molecule has 0 fully saturated rings. The van der Waals surface area contributed by atoms with Crippen LogP contribution in [0, 0.1) is 0 Å². The molecule has 2 aromatic carbocycles. The monoisotopic (exact) mass is 335 g/mol. The van der Waals surface area contributed by atoms with Gasteiger partial charge in [-0.05, 0) is 56.4 Å². The first kappa shape index (κ1) is 14.9. The highest BCUT2D eigenvalue weighted by Crippen LogP contribution is 2.29. The molecule has 0 bridgehead atoms. The predicted molar refractivity (Wildman–Crippen MR) is 84.6 cm³/mol. The molecule has 0 aliphatic rings. The summed E-state index contributed by atoms with van der Waals surface area (Å²) in [6.45, 7) is 3.39. The average Bonchev–Trinajstić information content (AvgIpc) is 2.44. The van der Waals surface area contributed by atoms with Crippen LogP contribution in [-0.2, 0) is 6.54 Å². The molecule has 0 saturated carbocycles. The molecule has 0 heterocycles. The van der Waals surface area contributed by atoms with Crippen molar-refractivity contribution >= 4 is 15.9 Å². The summed E-state index contributed by atoms with van der Waals surface area (Å²) in [5.41, 5.74) is 1.11. The third kappa shape index (κ3) is 3.99. The SMILES string of the molecule is CCOc1ccc(Oc2ccc(Br)cc2CNC)cc1. The van der Waals surface area contributed by atoms with Crippen LogP contribution < -0.4 is 14.8 Å². The first-order chi connectivity index (χ1) is 9.72. The zero-order chi connectivity index (χ0) is 14.4. The summed E-state index contributed by atoms with van der Waals surface area (Å²) >= 11 is 3.48. The van der Waals surface area contributed by atoms with Crippen molar-refractivity contribution < 1.29 is 9.47 Å². The minimum atomic E-state index is 0.666. The van der Waals surface area contributed by atoms with Crippen molar-refractivity contribution in [2.45, 2.75) is 13.5 Å². The van der Waals surface area contributed by atoms with E-state index in [2.05, 4.69) is 27.3 Å². The first-order valence-electron chi connectivity index (χ1n) is 6.56. The van der Waals surface area contributed by atoms with E-state index < -0.39 is 0 Å². The lowest BCUT2D eigenvalue weighted by Gasteiger charge is -2.12. The molecule has 0 amide bonds. The maximum absolute atomic E-state index is 5.93. The molecule has 3 nitrogen and oxygen atoms in total. The predicted octanol–water partition coefficient (Wildman–Crippen LogP) is 4.36. The van der Waals surface area contributed by atoms with E-state index in [4.69, 9.17) is 9.47 Å². The van der Waals surface area contributed by atoms with E-state index in [1.165, 1.54) is 0 Å². The van der Waals surface area contributed by atoms with Crippen molar-refractivity contribution in [3.05, 3.63) is 52.5 Å². The van der Waals surface area contributed by atoms with Gasteiger partial charge in [-0.1, -0.05) is 15.9 Å². The van der Waals surface area contributed by atoms with E-state index >= 15 is 0 Å². The molecule has 0 atom stereocenters. The summed E-state index contributed by atoms with van der Waals surface area (Å²) in [4.78, 5) is 0. The maximum atomic E-state index is 5.93. The Bertz CT molecular complexity index is 555. The van der Waals surface area contributed by atoms with Crippen LogP contribution >= 0.6 is 15.9 Å². The molecule has 2 aromatic rings. The van der Waals surface area contributed by atoms with Gasteiger partial charge in [0, 0.05) is 16.6 Å². The van der Waals surface area contributed by atoms with Gasteiger partial charge in [0.2, 0.25) is 0 Å². The van der Waals surface area contributed by atoms with Gasteiger partial charge >= 0.3 is 0 Å². The second-order valence-corrected chi connectivity index (χ2v) is 5.20. The van der Waals surface area contributed by atoms with Gasteiger partial charge in [-0.2, -0.15) is 0 Å². The van der Waals surface area contributed by atoms with Gasteiger partial charge in [-0.15, -0.1) is 0 Å².